The number of nitro groups is 1. The van der Waals surface area contributed by atoms with Gasteiger partial charge in [0.2, 0.25) is 0 Å². The molecule has 1 aliphatic rings. The number of carbonyl (C=O) groups is 1. The maximum atomic E-state index is 12.3. The Morgan fingerprint density at radius 3 is 2.42 bits per heavy atom. The summed E-state index contributed by atoms with van der Waals surface area (Å²) in [5.74, 6) is 0.483. The number of ether oxygens (including phenoxy) is 1. The van der Waals surface area contributed by atoms with Gasteiger partial charge in [-0.2, -0.15) is 0 Å². The molecule has 8 heteroatoms. The number of benzene rings is 3. The lowest BCUT2D eigenvalue weighted by atomic mass is 10.1. The fraction of sp³-hybridized carbons (Fsp3) is 0.120. The van der Waals surface area contributed by atoms with Crippen molar-refractivity contribution in [2.75, 3.05) is 0 Å². The molecule has 1 amide bonds. The van der Waals surface area contributed by atoms with E-state index in [1.807, 2.05) is 62.4 Å². The second-order valence-corrected chi connectivity index (χ2v) is 8.56. The number of nitro benzene ring substituents is 1. The van der Waals surface area contributed by atoms with Crippen LogP contribution in [0.5, 0.6) is 5.75 Å². The average molecular weight is 460 g/mol. The molecule has 0 unspecified atom stereocenters. The van der Waals surface area contributed by atoms with E-state index in [1.165, 1.54) is 29.5 Å². The van der Waals surface area contributed by atoms with Crippen molar-refractivity contribution in [3.63, 3.8) is 0 Å². The first-order valence-corrected chi connectivity index (χ1v) is 11.0. The maximum Gasteiger partial charge on any atom is 0.269 e. The summed E-state index contributed by atoms with van der Waals surface area (Å²) in [7, 11) is 0. The molecule has 0 radical (unpaired) electrons. The Kier molecular flexibility index (Phi) is 6.55. The predicted molar refractivity (Wildman–Crippen MR) is 131 cm³/mol. The van der Waals surface area contributed by atoms with Gasteiger partial charge in [0.05, 0.1) is 15.5 Å². The zero-order valence-corrected chi connectivity index (χ0v) is 18.9. The first-order valence-electron chi connectivity index (χ1n) is 10.2. The Hall–Kier alpha value is -3.91. The largest absolute Gasteiger partial charge is 0.489 e. The number of nitrogens with zero attached hydrogens (tertiary/aromatic N) is 2. The van der Waals surface area contributed by atoms with Gasteiger partial charge in [-0.1, -0.05) is 18.2 Å². The second-order valence-electron chi connectivity index (χ2n) is 7.53. The first-order chi connectivity index (χ1) is 15.9. The van der Waals surface area contributed by atoms with E-state index in [2.05, 4.69) is 10.3 Å². The van der Waals surface area contributed by atoms with Crippen molar-refractivity contribution in [2.45, 2.75) is 20.5 Å². The Bertz CT molecular complexity index is 1270. The fourth-order valence-electron chi connectivity index (χ4n) is 3.09. The van der Waals surface area contributed by atoms with E-state index < -0.39 is 4.92 Å². The number of nitrogens with one attached hydrogen (secondary N) is 1. The Labute approximate surface area is 195 Å². The third-order valence-corrected chi connectivity index (χ3v) is 6.01. The van der Waals surface area contributed by atoms with E-state index >= 15 is 0 Å². The van der Waals surface area contributed by atoms with Crippen molar-refractivity contribution >= 4 is 40.3 Å². The van der Waals surface area contributed by atoms with Crippen LogP contribution < -0.4 is 10.1 Å². The van der Waals surface area contributed by atoms with Crippen LogP contribution in [0.2, 0.25) is 0 Å². The van der Waals surface area contributed by atoms with E-state index in [4.69, 9.17) is 4.74 Å². The summed E-state index contributed by atoms with van der Waals surface area (Å²) in [6.45, 7) is 4.38. The van der Waals surface area contributed by atoms with Crippen molar-refractivity contribution in [1.82, 2.24) is 5.32 Å². The normalized spacial score (nSPS) is 15.6. The molecule has 0 bridgehead atoms. The van der Waals surface area contributed by atoms with Crippen LogP contribution in [-0.4, -0.2) is 16.0 Å². The number of amides is 1. The summed E-state index contributed by atoms with van der Waals surface area (Å²) >= 11 is 1.30. The fourth-order valence-corrected chi connectivity index (χ4v) is 3.93. The smallest absolute Gasteiger partial charge is 0.269 e. The van der Waals surface area contributed by atoms with Crippen LogP contribution in [0.3, 0.4) is 0 Å². The Morgan fingerprint density at radius 2 is 1.76 bits per heavy atom. The molecule has 0 aliphatic carbocycles. The summed E-state index contributed by atoms with van der Waals surface area (Å²) in [4.78, 5) is 27.7. The van der Waals surface area contributed by atoms with Gasteiger partial charge in [0.1, 0.15) is 12.4 Å². The number of non-ortho nitro benzene ring substituents is 1. The Balaban J connectivity index is 1.38. The third-order valence-electron chi connectivity index (χ3n) is 5.10. The number of rotatable bonds is 6. The quantitative estimate of drug-likeness (QED) is 0.291. The molecule has 0 atom stereocenters. The van der Waals surface area contributed by atoms with Crippen LogP contribution in [0.1, 0.15) is 22.3 Å². The van der Waals surface area contributed by atoms with Gasteiger partial charge in [0.25, 0.3) is 11.6 Å². The maximum absolute atomic E-state index is 12.3. The second kappa shape index (κ2) is 9.70. The molecule has 166 valence electrons. The van der Waals surface area contributed by atoms with Gasteiger partial charge < -0.3 is 10.1 Å². The SMILES string of the molecule is Cc1ccc(N=C2NC(=O)/C(=C/c3ccc(OCc4ccc([N+](=O)[O-])cc4)cc3)S2)cc1C. The Morgan fingerprint density at radius 1 is 1.03 bits per heavy atom. The number of hydrogen-bond donors (Lipinski definition) is 1. The van der Waals surface area contributed by atoms with Crippen molar-refractivity contribution in [3.05, 3.63) is 104 Å². The average Bonchev–Trinajstić information content (AvgIpc) is 3.14. The summed E-state index contributed by atoms with van der Waals surface area (Å²) < 4.78 is 5.75. The molecule has 1 saturated heterocycles. The van der Waals surface area contributed by atoms with E-state index in [1.54, 1.807) is 12.1 Å². The molecule has 0 aromatic heterocycles. The highest BCUT2D eigenvalue weighted by molar-refractivity contribution is 8.18. The molecule has 0 spiro atoms. The van der Waals surface area contributed by atoms with Gasteiger partial charge in [-0.3, -0.25) is 14.9 Å². The highest BCUT2D eigenvalue weighted by Gasteiger charge is 2.23. The van der Waals surface area contributed by atoms with Gasteiger partial charge in [-0.25, -0.2) is 4.99 Å². The van der Waals surface area contributed by atoms with Gasteiger partial charge in [0, 0.05) is 12.1 Å². The van der Waals surface area contributed by atoms with Crippen LogP contribution in [0.15, 0.2) is 76.6 Å². The van der Waals surface area contributed by atoms with Gasteiger partial charge in [0.15, 0.2) is 5.17 Å². The van der Waals surface area contributed by atoms with Crippen LogP contribution >= 0.6 is 11.8 Å². The highest BCUT2D eigenvalue weighted by atomic mass is 32.2. The molecule has 7 nitrogen and oxygen atoms in total. The monoisotopic (exact) mass is 459 g/mol. The van der Waals surface area contributed by atoms with E-state index in [0.29, 0.717) is 22.4 Å². The lowest BCUT2D eigenvalue weighted by Crippen LogP contribution is -2.19. The van der Waals surface area contributed by atoms with Crippen molar-refractivity contribution < 1.29 is 14.5 Å². The molecule has 33 heavy (non-hydrogen) atoms. The highest BCUT2D eigenvalue weighted by Crippen LogP contribution is 2.29. The van der Waals surface area contributed by atoms with Crippen LogP contribution in [0, 0.1) is 24.0 Å². The van der Waals surface area contributed by atoms with E-state index in [-0.39, 0.29) is 11.6 Å². The summed E-state index contributed by atoms with van der Waals surface area (Å²) in [5.41, 5.74) is 4.90. The molecule has 1 N–H and O–H groups in total. The number of thioether (sulfide) groups is 1. The zero-order valence-electron chi connectivity index (χ0n) is 18.1. The van der Waals surface area contributed by atoms with Crippen molar-refractivity contribution in [2.24, 2.45) is 4.99 Å². The molecule has 3 aromatic rings. The van der Waals surface area contributed by atoms with E-state index in [0.717, 1.165) is 22.4 Å². The summed E-state index contributed by atoms with van der Waals surface area (Å²) in [5, 5.41) is 14.1. The van der Waals surface area contributed by atoms with Gasteiger partial charge in [-0.15, -0.1) is 0 Å². The number of aliphatic imine (C=N–C) groups is 1. The molecule has 3 aromatic carbocycles. The zero-order chi connectivity index (χ0) is 23.4. The van der Waals surface area contributed by atoms with Gasteiger partial charge >= 0.3 is 0 Å². The third kappa shape index (κ3) is 5.67. The number of aryl methyl sites for hydroxylation is 2. The lowest BCUT2D eigenvalue weighted by Gasteiger charge is -2.06. The minimum absolute atomic E-state index is 0.0483. The summed E-state index contributed by atoms with van der Waals surface area (Å²) in [6.07, 6.45) is 1.81. The van der Waals surface area contributed by atoms with Crippen molar-refractivity contribution in [1.29, 1.82) is 0 Å². The van der Waals surface area contributed by atoms with Crippen LogP contribution in [0.4, 0.5) is 11.4 Å². The van der Waals surface area contributed by atoms with Gasteiger partial charge in [-0.05, 0) is 90.3 Å². The van der Waals surface area contributed by atoms with Crippen LogP contribution in [-0.2, 0) is 11.4 Å². The lowest BCUT2D eigenvalue weighted by molar-refractivity contribution is -0.384. The molecular weight excluding hydrogens is 438 g/mol. The van der Waals surface area contributed by atoms with Crippen molar-refractivity contribution in [3.8, 4) is 5.75 Å². The molecule has 0 saturated carbocycles. The molecule has 1 aliphatic heterocycles. The molecule has 1 fully saturated rings. The van der Waals surface area contributed by atoms with E-state index in [9.17, 15) is 14.9 Å². The standard InChI is InChI=1S/C25H21N3O4S/c1-16-3-8-20(13-17(16)2)26-25-27-24(29)23(33-25)14-18-6-11-22(12-7-18)32-15-19-4-9-21(10-5-19)28(30)31/h3-14H,15H2,1-2H3,(H,26,27,29)/b23-14-. The molecule has 4 rings (SSSR count). The molecular formula is C25H21N3O4S. The number of carbonyl (C=O) groups excluding carboxylic acids is 1. The number of hydrogen-bond acceptors (Lipinski definition) is 6. The van der Waals surface area contributed by atoms with Crippen LogP contribution in [0.25, 0.3) is 6.08 Å². The topological polar surface area (TPSA) is 93.8 Å². The predicted octanol–water partition coefficient (Wildman–Crippen LogP) is 5.68. The molecule has 1 heterocycles. The number of amidine groups is 1. The first kappa shape index (κ1) is 22.3. The summed E-state index contributed by atoms with van der Waals surface area (Å²) in [6, 6.07) is 19.6. The minimum Gasteiger partial charge on any atom is -0.489 e. The minimum atomic E-state index is -0.432.